The molecular weight excluding hydrogens is 757 g/mol. The number of hydrogen-bond donors (Lipinski definition) is 0. The second-order valence-electron chi connectivity index (χ2n) is 17.9. The molecule has 10 aromatic rings. The molecule has 0 N–H and O–H groups in total. The first-order chi connectivity index (χ1) is 32.0. The summed E-state index contributed by atoms with van der Waals surface area (Å²) in [4.78, 5) is 7.10. The van der Waals surface area contributed by atoms with Crippen molar-refractivity contribution in [3.63, 3.8) is 0 Å². The van der Waals surface area contributed by atoms with E-state index in [1.54, 1.807) is 10.8 Å². The molecule has 0 saturated heterocycles. The number of aromatic nitrogens is 3. The second-order valence-corrected chi connectivity index (χ2v) is 17.9. The molecule has 0 radical (unpaired) electrons. The number of aryl methyl sites for hydroxylation is 2. The van der Waals surface area contributed by atoms with Crippen LogP contribution in [0.4, 0.5) is 11.4 Å². The van der Waals surface area contributed by atoms with E-state index in [1.807, 2.05) is 44.2 Å². The zero-order chi connectivity index (χ0) is 46.8. The van der Waals surface area contributed by atoms with Crippen LogP contribution in [0.3, 0.4) is 0 Å². The molecule has 5 nitrogen and oxygen atoms in total. The van der Waals surface area contributed by atoms with Crippen LogP contribution < -0.4 is 9.64 Å². The Bertz CT molecular complexity index is 3820. The van der Waals surface area contributed by atoms with Gasteiger partial charge < -0.3 is 14.2 Å². The minimum atomic E-state index is -0.931. The molecule has 0 unspecified atom stereocenters. The van der Waals surface area contributed by atoms with Gasteiger partial charge in [0.15, 0.2) is 0 Å². The number of para-hydroxylation sites is 3. The quantitative estimate of drug-likeness (QED) is 0.174. The van der Waals surface area contributed by atoms with Gasteiger partial charge in [0.25, 0.3) is 0 Å². The van der Waals surface area contributed by atoms with Gasteiger partial charge in [-0.3, -0.25) is 4.57 Å². The lowest BCUT2D eigenvalue weighted by Gasteiger charge is -2.26. The zero-order valence-corrected chi connectivity index (χ0v) is 36.1. The first-order valence-corrected chi connectivity index (χ1v) is 21.3. The molecule has 7 aromatic carbocycles. The summed E-state index contributed by atoms with van der Waals surface area (Å²) in [7, 11) is 0. The molecule has 0 amide bonds. The van der Waals surface area contributed by atoms with Gasteiger partial charge in [0.1, 0.15) is 24.0 Å². The fourth-order valence-corrected chi connectivity index (χ4v) is 9.60. The molecule has 0 fully saturated rings. The number of pyridine rings is 1. The van der Waals surface area contributed by atoms with Crippen LogP contribution in [0, 0.1) is 13.8 Å². The Hall–Kier alpha value is -7.11. The number of rotatable bonds is 5. The van der Waals surface area contributed by atoms with E-state index in [-0.39, 0.29) is 29.6 Å². The average Bonchev–Trinajstić information content (AvgIpc) is 3.86. The molecule has 0 aliphatic carbocycles. The fourth-order valence-electron chi connectivity index (χ4n) is 9.60. The van der Waals surface area contributed by atoms with Gasteiger partial charge in [-0.05, 0) is 100 Å². The van der Waals surface area contributed by atoms with Crippen molar-refractivity contribution in [2.75, 3.05) is 4.90 Å². The van der Waals surface area contributed by atoms with E-state index in [2.05, 4.69) is 141 Å². The molecule has 4 heterocycles. The monoisotopic (exact) mass is 811 g/mol. The Morgan fingerprint density at radius 2 is 1.39 bits per heavy atom. The van der Waals surface area contributed by atoms with E-state index < -0.39 is 5.89 Å². The zero-order valence-electron chi connectivity index (χ0n) is 41.1. The molecule has 0 spiro atoms. The molecule has 1 aliphatic heterocycles. The Morgan fingerprint density at radius 1 is 0.661 bits per heavy atom. The Labute approximate surface area is 369 Å². The largest absolute Gasteiger partial charge is 0.457 e. The predicted molar refractivity (Wildman–Crippen MR) is 262 cm³/mol. The highest BCUT2D eigenvalue weighted by molar-refractivity contribution is 6.21. The van der Waals surface area contributed by atoms with Crippen molar-refractivity contribution in [1.29, 1.82) is 0 Å². The molecular formula is C57H50N4O. The van der Waals surface area contributed by atoms with E-state index in [4.69, 9.17) is 16.6 Å². The maximum absolute atomic E-state index is 9.11. The minimum Gasteiger partial charge on any atom is -0.457 e. The SMILES string of the molecule is [2H]c1c([2H])c([2H])c2c(c1[2H])c1ccc(Oc3cc(N4Cn5c6c(C)cccc6c6cc(C)ccc6c6ccccc6c6cccc4c65)ccc3C(C)(C)C)cc1n2-c1cc(C([2H])(C)C)ccn1. The van der Waals surface area contributed by atoms with E-state index in [0.29, 0.717) is 45.8 Å². The second kappa shape index (κ2) is 14.2. The van der Waals surface area contributed by atoms with Gasteiger partial charge in [-0.2, -0.15) is 0 Å². The van der Waals surface area contributed by atoms with Gasteiger partial charge in [0.05, 0.1) is 33.2 Å². The number of anilines is 2. The summed E-state index contributed by atoms with van der Waals surface area (Å²) in [6, 6.07) is 43.7. The Kier molecular flexibility index (Phi) is 7.50. The number of benzene rings is 7. The Morgan fingerprint density at radius 3 is 2.19 bits per heavy atom. The van der Waals surface area contributed by atoms with Crippen LogP contribution in [-0.4, -0.2) is 14.1 Å². The average molecular weight is 812 g/mol. The number of nitrogens with zero attached hydrogens (tertiary/aromatic N) is 4. The molecule has 0 bridgehead atoms. The van der Waals surface area contributed by atoms with Crippen molar-refractivity contribution < 1.29 is 11.6 Å². The lowest BCUT2D eigenvalue weighted by atomic mass is 9.86. The van der Waals surface area contributed by atoms with Crippen molar-refractivity contribution in [1.82, 2.24) is 14.1 Å². The van der Waals surface area contributed by atoms with Gasteiger partial charge in [0, 0.05) is 52.5 Å². The fraction of sp³-hybridized carbons (Fsp3) is 0.175. The number of hydrogen-bond acceptors (Lipinski definition) is 3. The topological polar surface area (TPSA) is 35.2 Å². The van der Waals surface area contributed by atoms with Crippen LogP contribution >= 0.6 is 0 Å². The van der Waals surface area contributed by atoms with Crippen LogP contribution in [0.25, 0.3) is 71.0 Å². The first-order valence-electron chi connectivity index (χ1n) is 23.8. The van der Waals surface area contributed by atoms with Crippen LogP contribution in [0.1, 0.15) is 69.6 Å². The molecule has 0 atom stereocenters. The van der Waals surface area contributed by atoms with Crippen LogP contribution in [0.5, 0.6) is 11.5 Å². The number of fused-ring (bicyclic) bond motifs is 10. The molecule has 11 rings (SSSR count). The van der Waals surface area contributed by atoms with Crippen molar-refractivity contribution in [3.05, 3.63) is 180 Å². The van der Waals surface area contributed by atoms with Gasteiger partial charge in [-0.25, -0.2) is 4.98 Å². The highest BCUT2D eigenvalue weighted by atomic mass is 16.5. The van der Waals surface area contributed by atoms with Crippen LogP contribution in [0.15, 0.2) is 158 Å². The highest BCUT2D eigenvalue weighted by Crippen LogP contribution is 2.46. The van der Waals surface area contributed by atoms with Gasteiger partial charge in [-0.1, -0.05) is 137 Å². The summed E-state index contributed by atoms with van der Waals surface area (Å²) >= 11 is 0. The Balaban J connectivity index is 1.12. The third kappa shape index (κ3) is 6.01. The standard InChI is InChI=1S/C57H50N4O/c1-35(2)38-28-29-58-54(31-38)61-50-20-11-10-17-44(50)45-26-24-40(33-52(45)61)62-53-32-39(23-27-49(53)57(5,6)7)59-34-60-55-37(4)14-12-18-47(55)48-30-36(3)22-25-43(48)41-15-8-9-16-42(41)46-19-13-21-51(59)56(46)60/h8-33,35H,34H2,1-7H3/i10D,11D,17D,20D,35D. The minimum absolute atomic E-state index is 0.122. The summed E-state index contributed by atoms with van der Waals surface area (Å²) in [5, 5.41) is 8.20. The van der Waals surface area contributed by atoms with Crippen molar-refractivity contribution in [2.45, 2.75) is 66.4 Å². The van der Waals surface area contributed by atoms with Crippen molar-refractivity contribution >= 4 is 76.5 Å². The van der Waals surface area contributed by atoms with E-state index >= 15 is 0 Å². The van der Waals surface area contributed by atoms with Crippen molar-refractivity contribution in [2.24, 2.45) is 0 Å². The van der Waals surface area contributed by atoms with Gasteiger partial charge in [-0.15, -0.1) is 0 Å². The third-order valence-corrected chi connectivity index (χ3v) is 12.6. The molecule has 1 aliphatic rings. The third-order valence-electron chi connectivity index (χ3n) is 12.6. The first kappa shape index (κ1) is 32.6. The normalized spacial score (nSPS) is 14.1. The van der Waals surface area contributed by atoms with Gasteiger partial charge >= 0.3 is 0 Å². The molecule has 304 valence electrons. The summed E-state index contributed by atoms with van der Waals surface area (Å²) < 4.78 is 55.5. The molecule has 5 heteroatoms. The number of ether oxygens (including phenoxy) is 1. The lowest BCUT2D eigenvalue weighted by molar-refractivity contribution is 0.456. The summed E-state index contributed by atoms with van der Waals surface area (Å²) in [5.74, 6) is 0.747. The smallest absolute Gasteiger partial charge is 0.137 e. The van der Waals surface area contributed by atoms with Crippen LogP contribution in [-0.2, 0) is 12.1 Å². The van der Waals surface area contributed by atoms with E-state index in [0.717, 1.165) is 33.4 Å². The maximum Gasteiger partial charge on any atom is 0.137 e. The van der Waals surface area contributed by atoms with E-state index in [9.17, 15) is 0 Å². The van der Waals surface area contributed by atoms with E-state index in [1.165, 1.54) is 43.6 Å². The van der Waals surface area contributed by atoms with Crippen LogP contribution in [0.2, 0.25) is 0 Å². The molecule has 62 heavy (non-hydrogen) atoms. The van der Waals surface area contributed by atoms with Crippen molar-refractivity contribution in [3.8, 4) is 17.3 Å². The predicted octanol–water partition coefficient (Wildman–Crippen LogP) is 15.7. The lowest BCUT2D eigenvalue weighted by Crippen LogP contribution is -2.17. The molecule has 0 saturated carbocycles. The van der Waals surface area contributed by atoms with Gasteiger partial charge in [0.2, 0.25) is 0 Å². The summed E-state index contributed by atoms with van der Waals surface area (Å²) in [5.41, 5.74) is 9.18. The summed E-state index contributed by atoms with van der Waals surface area (Å²) in [6.07, 6.45) is 1.65. The molecule has 3 aromatic heterocycles. The summed E-state index contributed by atoms with van der Waals surface area (Å²) in [6.45, 7) is 15.1. The maximum atomic E-state index is 9.11. The highest BCUT2D eigenvalue weighted by Gasteiger charge is 2.27.